The van der Waals surface area contributed by atoms with Gasteiger partial charge in [0.05, 0.1) is 66.3 Å². The molecule has 0 aliphatic carbocycles. The minimum Gasteiger partial charge on any atom is -0.478 e. The predicted octanol–water partition coefficient (Wildman–Crippen LogP) is 13.3. The molecule has 113 heavy (non-hydrogen) atoms. The van der Waals surface area contributed by atoms with Crippen molar-refractivity contribution in [3.05, 3.63) is 154 Å². The maximum Gasteiger partial charge on any atom is 0.410 e. The van der Waals surface area contributed by atoms with Gasteiger partial charge in [-0.1, -0.05) is 15.9 Å². The fourth-order valence-electron chi connectivity index (χ4n) is 16.5. The van der Waals surface area contributed by atoms with Gasteiger partial charge in [-0.05, 0) is 269 Å². The molecule has 10 atom stereocenters. The van der Waals surface area contributed by atoms with Crippen molar-refractivity contribution in [2.24, 2.45) is 0 Å². The van der Waals surface area contributed by atoms with Crippen molar-refractivity contribution in [1.29, 1.82) is 0 Å². The molecule has 15 rings (SSSR count). The number of benzene rings is 5. The van der Waals surface area contributed by atoms with Gasteiger partial charge in [0.1, 0.15) is 18.0 Å². The van der Waals surface area contributed by atoms with Crippen LogP contribution >= 0.6 is 28.3 Å². The Morgan fingerprint density at radius 1 is 0.389 bits per heavy atom. The molecule has 0 saturated carbocycles. The molecular weight excluding hydrogens is 1530 g/mol. The molecule has 27 heteroatoms. The van der Waals surface area contributed by atoms with Crippen molar-refractivity contribution >= 4 is 99.9 Å². The molecule has 0 radical (unpaired) electrons. The van der Waals surface area contributed by atoms with Crippen LogP contribution in [0.1, 0.15) is 185 Å². The molecule has 25 nitrogen and oxygen atoms in total. The number of hydrogen-bond donors (Lipinski definition) is 3. The van der Waals surface area contributed by atoms with E-state index in [1.165, 1.54) is 49.9 Å². The molecule has 10 heterocycles. The number of carbonyl (C=O) groups is 8. The van der Waals surface area contributed by atoms with E-state index in [1.54, 1.807) is 50.2 Å². The summed E-state index contributed by atoms with van der Waals surface area (Å²) < 4.78 is 31.8. The Bertz CT molecular complexity index is 3820. The minimum absolute atomic E-state index is 0. The standard InChI is InChI=1S/C20H28N2O4.C16H22N2O2.C15H20N2O2.C14H18N2O2.C11H20N2O2.C9H9BrO2.CH2O.ClH/c1-5-25-18(23)14-6-8-15(9-7-14)21-12-16-10-11-17(13-21)22(16)19(24)26-20(2,3)4;1-3-20-16(19)12-4-6-13(7-5-12)18-10-14-8-9-15(11-18)17(14)2;1-2-19-15(18)11-3-7-14(8-4-11)17-9-12-5-6-13(10-17)16-12;1-15-12-6-7-13(15)9-16(8-12)11-4-2-10(3-5-11)14(17)18;1-11(2,3)15-10(14)13-8-4-5-9(13)7-12-6-8;1-2-12-9(11)7-3-5-8(10)6-4-7;1-2;/h6-9,16-17H,5,10-13H2,1-4H3;4-7,14-15H,3,8-11H2,1-2H3;3-4,7-8,12-13,16H,2,5-6,9-10H2,1H3;2-5,12-13H,6-9H2,1H3,(H,17,18);8-9,12H,4-7H2,1-3H3;3-6H,2H2,1H3;1H2;1H. The summed E-state index contributed by atoms with van der Waals surface area (Å²) in [6.07, 6.45) is 11.6. The van der Waals surface area contributed by atoms with Crippen molar-refractivity contribution in [3.63, 3.8) is 0 Å². The number of carboxylic acid groups (broad SMARTS) is 1. The molecule has 10 unspecified atom stereocenters. The second-order valence-electron chi connectivity index (χ2n) is 31.9. The number of amides is 2. The van der Waals surface area contributed by atoms with Crippen LogP contribution in [0.3, 0.4) is 0 Å². The van der Waals surface area contributed by atoms with Crippen LogP contribution in [-0.2, 0) is 33.2 Å². The minimum atomic E-state index is -0.861. The molecule has 10 aliphatic rings. The number of nitrogens with zero attached hydrogens (tertiary/aromatic N) is 8. The van der Waals surface area contributed by atoms with Gasteiger partial charge in [-0.3, -0.25) is 19.6 Å². The van der Waals surface area contributed by atoms with Gasteiger partial charge >= 0.3 is 42.0 Å². The molecule has 5 aromatic rings. The zero-order valence-electron chi connectivity index (χ0n) is 68.0. The highest BCUT2D eigenvalue weighted by Gasteiger charge is 2.46. The van der Waals surface area contributed by atoms with Crippen molar-refractivity contribution in [3.8, 4) is 0 Å². The van der Waals surface area contributed by atoms with E-state index in [0.29, 0.717) is 103 Å². The van der Waals surface area contributed by atoms with Gasteiger partial charge in [0.25, 0.3) is 0 Å². The summed E-state index contributed by atoms with van der Waals surface area (Å²) in [4.78, 5) is 108. The zero-order chi connectivity index (χ0) is 81.0. The molecule has 0 aromatic heterocycles. The summed E-state index contributed by atoms with van der Waals surface area (Å²) in [5.41, 5.74) is 6.52. The zero-order valence-corrected chi connectivity index (χ0v) is 70.4. The number of hydrogen-bond acceptors (Lipinski definition) is 22. The fraction of sp³-hybridized carbons (Fsp3) is 0.558. The van der Waals surface area contributed by atoms with E-state index in [-0.39, 0.29) is 66.2 Å². The Labute approximate surface area is 682 Å². The van der Waals surface area contributed by atoms with Crippen LogP contribution in [0.25, 0.3) is 0 Å². The Morgan fingerprint density at radius 2 is 0.637 bits per heavy atom. The van der Waals surface area contributed by atoms with E-state index in [9.17, 15) is 33.6 Å². The lowest BCUT2D eigenvalue weighted by Gasteiger charge is -2.42. The quantitative estimate of drug-likeness (QED) is 0.0730. The molecule has 10 aliphatic heterocycles. The first kappa shape index (κ1) is 90.0. The molecule has 618 valence electrons. The number of carbonyl (C=O) groups excluding carboxylic acids is 7. The first-order valence-electron chi connectivity index (χ1n) is 39.9. The van der Waals surface area contributed by atoms with Gasteiger partial charge in [-0.25, -0.2) is 33.6 Å². The number of rotatable bonds is 13. The van der Waals surface area contributed by atoms with Gasteiger partial charge in [-0.15, -0.1) is 12.4 Å². The number of carboxylic acids is 1. The van der Waals surface area contributed by atoms with E-state index in [2.05, 4.69) is 70.1 Å². The number of aromatic carboxylic acids is 1. The molecule has 0 spiro atoms. The van der Waals surface area contributed by atoms with Crippen LogP contribution in [0.5, 0.6) is 0 Å². The van der Waals surface area contributed by atoms with E-state index in [0.717, 1.165) is 107 Å². The summed E-state index contributed by atoms with van der Waals surface area (Å²) in [7, 11) is 4.46. The number of anilines is 4. The number of nitrogens with one attached hydrogen (secondary N) is 2. The number of fused-ring (bicyclic) bond motifs is 10. The monoisotopic (exact) mass is 1650 g/mol. The van der Waals surface area contributed by atoms with Crippen molar-refractivity contribution in [2.75, 3.05) is 126 Å². The van der Waals surface area contributed by atoms with Crippen LogP contribution in [0.2, 0.25) is 0 Å². The summed E-state index contributed by atoms with van der Waals surface area (Å²) in [6, 6.07) is 42.4. The van der Waals surface area contributed by atoms with Gasteiger partial charge in [-0.2, -0.15) is 0 Å². The maximum absolute atomic E-state index is 12.5. The molecule has 10 fully saturated rings. The second kappa shape index (κ2) is 42.2. The first-order chi connectivity index (χ1) is 53.6. The van der Waals surface area contributed by atoms with Gasteiger partial charge in [0.2, 0.25) is 0 Å². The fourth-order valence-corrected chi connectivity index (χ4v) is 16.7. The van der Waals surface area contributed by atoms with E-state index < -0.39 is 11.6 Å². The highest BCUT2D eigenvalue weighted by Crippen LogP contribution is 2.37. The summed E-state index contributed by atoms with van der Waals surface area (Å²) >= 11 is 3.28. The molecule has 10 saturated heterocycles. The second-order valence-corrected chi connectivity index (χ2v) is 32.9. The average molecular weight is 1650 g/mol. The number of ether oxygens (including phenoxy) is 6. The van der Waals surface area contributed by atoms with E-state index in [4.69, 9.17) is 38.3 Å². The first-order valence-corrected chi connectivity index (χ1v) is 40.7. The van der Waals surface area contributed by atoms with Crippen molar-refractivity contribution in [1.82, 2.24) is 30.2 Å². The van der Waals surface area contributed by atoms with Crippen molar-refractivity contribution < 1.29 is 71.9 Å². The smallest absolute Gasteiger partial charge is 0.410 e. The van der Waals surface area contributed by atoms with Gasteiger partial charge in [0, 0.05) is 141 Å². The number of halogens is 2. The highest BCUT2D eigenvalue weighted by molar-refractivity contribution is 9.10. The SMILES string of the molecule is C=O.CC(C)(C)OC(=O)N1C2CCC1CNC2.CCOC(=O)c1ccc(Br)cc1.CCOC(=O)c1ccc(N2CC3CCC(C2)N3)cc1.CCOC(=O)c1ccc(N2CC3CCC(C2)N3C(=O)OC(C)(C)C)cc1.CCOC(=O)c1ccc(N2CC3CCC(C2)N3C)cc1.CN1C2CCC1CN(c1ccc(C(=O)O)cc1)C2.Cl. The largest absolute Gasteiger partial charge is 0.478 e. The Hall–Kier alpha value is -8.53. The third-order valence-corrected chi connectivity index (χ3v) is 22.6. The van der Waals surface area contributed by atoms with E-state index >= 15 is 0 Å². The molecule has 5 aromatic carbocycles. The highest BCUT2D eigenvalue weighted by atomic mass is 79.9. The molecule has 10 bridgehead atoms. The van der Waals surface area contributed by atoms with Crippen LogP contribution in [0, 0.1) is 0 Å². The van der Waals surface area contributed by atoms with Gasteiger partial charge in [0.15, 0.2) is 0 Å². The lowest BCUT2D eigenvalue weighted by Crippen LogP contribution is -2.56. The van der Waals surface area contributed by atoms with Crippen LogP contribution < -0.4 is 30.2 Å². The number of piperazine rings is 5. The normalized spacial score (nSPS) is 23.4. The molecule has 2 amide bonds. The summed E-state index contributed by atoms with van der Waals surface area (Å²) in [5, 5.41) is 15.9. The Kier molecular flexibility index (Phi) is 33.6. The average Bonchev–Trinajstić information content (AvgIpc) is 1.67. The third kappa shape index (κ3) is 25.0. The molecular formula is C86H120BrClN10O15. The van der Waals surface area contributed by atoms with E-state index in [1.807, 2.05) is 157 Å². The summed E-state index contributed by atoms with van der Waals surface area (Å²) in [6.45, 7) is 32.1. The van der Waals surface area contributed by atoms with Crippen LogP contribution in [-0.4, -0.2) is 251 Å². The lowest BCUT2D eigenvalue weighted by molar-refractivity contribution is -0.0980. The number of esters is 4. The summed E-state index contributed by atoms with van der Waals surface area (Å²) in [5.74, 6) is -1.91. The lowest BCUT2D eigenvalue weighted by atomic mass is 10.1. The maximum atomic E-state index is 12.5. The third-order valence-electron chi connectivity index (χ3n) is 22.0. The predicted molar refractivity (Wildman–Crippen MR) is 446 cm³/mol. The van der Waals surface area contributed by atoms with Gasteiger partial charge < -0.3 is 68.6 Å². The van der Waals surface area contributed by atoms with Crippen LogP contribution in [0.4, 0.5) is 32.3 Å². The number of likely N-dealkylation sites (N-methyl/N-ethyl adjacent to an activating group) is 2. The topological polar surface area (TPSA) is 262 Å². The molecule has 3 N–H and O–H groups in total. The van der Waals surface area contributed by atoms with Crippen molar-refractivity contribution in [2.45, 2.75) is 205 Å². The van der Waals surface area contributed by atoms with Crippen LogP contribution in [0.15, 0.2) is 126 Å². The Morgan fingerprint density at radius 3 is 0.920 bits per heavy atom. The Balaban J connectivity index is 0.000000171.